The van der Waals surface area contributed by atoms with Crippen LogP contribution in [0.15, 0.2) is 63.2 Å². The van der Waals surface area contributed by atoms with Crippen LogP contribution in [0.4, 0.5) is 27.9 Å². The van der Waals surface area contributed by atoms with Crippen molar-refractivity contribution in [2.24, 2.45) is 11.5 Å². The Morgan fingerprint density at radius 2 is 1.15 bits per heavy atom. The molecule has 316 valence electrons. The van der Waals surface area contributed by atoms with Crippen molar-refractivity contribution in [1.82, 2.24) is 20.6 Å². The van der Waals surface area contributed by atoms with Crippen LogP contribution in [-0.4, -0.2) is 102 Å². The summed E-state index contributed by atoms with van der Waals surface area (Å²) in [5.74, 6) is -1.17. The second-order valence-electron chi connectivity index (χ2n) is 15.0. The maximum Gasteiger partial charge on any atom is 0.275 e. The Morgan fingerprint density at radius 3 is 1.58 bits per heavy atom. The van der Waals surface area contributed by atoms with Crippen LogP contribution in [0.3, 0.4) is 0 Å². The van der Waals surface area contributed by atoms with Crippen LogP contribution in [0, 0.1) is 0 Å². The Labute approximate surface area is 360 Å². The molecule has 2 aromatic heterocycles. The maximum atomic E-state index is 12.9. The Balaban J connectivity index is 0.000000204. The molecule has 1 aliphatic carbocycles. The van der Waals surface area contributed by atoms with Crippen LogP contribution >= 0.6 is 38.6 Å². The summed E-state index contributed by atoms with van der Waals surface area (Å²) in [4.78, 5) is 62.0. The zero-order chi connectivity index (χ0) is 42.2. The highest BCUT2D eigenvalue weighted by atomic mass is 79.9. The number of carbonyl (C=O) groups is 4. The molecule has 2 aromatic carbocycles. The molecule has 7 rings (SSSR count). The van der Waals surface area contributed by atoms with E-state index in [1.165, 1.54) is 22.7 Å². The van der Waals surface area contributed by atoms with Crippen molar-refractivity contribution in [2.45, 2.75) is 74.6 Å². The van der Waals surface area contributed by atoms with Gasteiger partial charge in [-0.15, -0.1) is 22.7 Å². The number of likely N-dealkylation sites (N-methyl/N-ethyl adjacent to an activating group) is 2. The molecular weight excluding hydrogens is 859 g/mol. The third-order valence-corrected chi connectivity index (χ3v) is 13.7. The fourth-order valence-electron chi connectivity index (χ4n) is 7.78. The molecule has 2 saturated heterocycles. The lowest BCUT2D eigenvalue weighted by Crippen LogP contribution is -2.59. The molecule has 4 heterocycles. The minimum absolute atomic E-state index is 0.203. The number of thiazole rings is 2. The first-order chi connectivity index (χ1) is 28.3. The molecule has 16 nitrogen and oxygen atoms in total. The van der Waals surface area contributed by atoms with E-state index in [0.717, 1.165) is 47.9 Å². The number of carbonyl (C=O) groups excluding carboxylic acids is 4. The quantitative estimate of drug-likeness (QED) is 0.0992. The van der Waals surface area contributed by atoms with Gasteiger partial charge in [0.2, 0.25) is 11.8 Å². The number of hydrogen-bond acceptors (Lipinski definition) is 14. The van der Waals surface area contributed by atoms with E-state index >= 15 is 0 Å². The molecule has 0 spiro atoms. The number of anilines is 5. The minimum atomic E-state index is -0.685. The van der Waals surface area contributed by atoms with E-state index < -0.39 is 11.1 Å². The first-order valence-electron chi connectivity index (χ1n) is 19.6. The molecule has 0 atom stereocenters. The second-order valence-corrected chi connectivity index (χ2v) is 18.0. The van der Waals surface area contributed by atoms with E-state index in [4.69, 9.17) is 11.5 Å². The highest BCUT2D eigenvalue weighted by Gasteiger charge is 2.40. The number of benzene rings is 2. The van der Waals surface area contributed by atoms with Gasteiger partial charge in [-0.05, 0) is 106 Å². The Kier molecular flexibility index (Phi) is 14.6. The largest absolute Gasteiger partial charge is 0.393 e. The van der Waals surface area contributed by atoms with Crippen LogP contribution in [0.1, 0.15) is 72.3 Å². The average molecular weight is 911 g/mol. The van der Waals surface area contributed by atoms with E-state index in [1.54, 1.807) is 24.9 Å². The number of halogens is 1. The van der Waals surface area contributed by atoms with Gasteiger partial charge in [-0.1, -0.05) is 24.3 Å². The van der Waals surface area contributed by atoms with Crippen molar-refractivity contribution >= 4 is 90.1 Å². The fourth-order valence-corrected chi connectivity index (χ4v) is 9.54. The zero-order valence-corrected chi connectivity index (χ0v) is 36.4. The average Bonchev–Trinajstić information content (AvgIpc) is 3.91. The topological polar surface area (TPSA) is 233 Å². The highest BCUT2D eigenvalue weighted by molar-refractivity contribution is 9.11. The first kappa shape index (κ1) is 43.9. The van der Waals surface area contributed by atoms with Crippen molar-refractivity contribution in [3.8, 4) is 0 Å². The van der Waals surface area contributed by atoms with Gasteiger partial charge in [0.1, 0.15) is 22.5 Å². The van der Waals surface area contributed by atoms with Gasteiger partial charge in [0.15, 0.2) is 9.05 Å². The lowest BCUT2D eigenvalue weighted by atomic mass is 9.86. The van der Waals surface area contributed by atoms with E-state index in [0.29, 0.717) is 72.9 Å². The number of nitrogens with zero attached hydrogens (tertiary/aromatic N) is 4. The summed E-state index contributed by atoms with van der Waals surface area (Å²) in [7, 11) is 3.53. The Hall–Kier alpha value is -4.66. The number of amides is 4. The van der Waals surface area contributed by atoms with Gasteiger partial charge in [0, 0.05) is 43.0 Å². The van der Waals surface area contributed by atoms with Crippen molar-refractivity contribution in [3.05, 3.63) is 74.6 Å². The van der Waals surface area contributed by atoms with Gasteiger partial charge in [0.25, 0.3) is 11.8 Å². The molecule has 3 fully saturated rings. The zero-order valence-electron chi connectivity index (χ0n) is 33.1. The van der Waals surface area contributed by atoms with Crippen LogP contribution in [0.2, 0.25) is 0 Å². The standard InChI is InChI=1S/C23H32N6O3S.C17H20BrN5O2S/c1-25-23(21(24)32)10-12-29(13-11-23)19-5-3-2-4-17(19)27-20(31)18-14-33-22(28-18)26-15-6-8-16(30)9-7-15;1-20-17(15(19)25)6-8-23(9-7-17)13-5-3-2-4-11(13)21-14(24)12-10-26-16(18)22-12/h2-5,14-16,25,30H,6-13H2,1H3,(H2,24,32)(H,26,28)(H,27,31);2-5,10,20H,6-9H2,1H3,(H2,19,25)(H,21,24). The molecule has 3 aliphatic rings. The van der Waals surface area contributed by atoms with Crippen molar-refractivity contribution < 1.29 is 24.3 Å². The van der Waals surface area contributed by atoms with Crippen LogP contribution < -0.4 is 47.9 Å². The number of aliphatic hydroxyl groups is 1. The molecule has 0 unspecified atom stereocenters. The SMILES string of the molecule is CNC1(C(N)=O)CCN(c2ccccc2NC(=O)c2csc(Br)n2)CC1.CNC1(C(N)=O)CCN(c2ccccc2NC(=O)c2csc(NC3CCC(O)CC3)n2)CC1. The molecule has 4 amide bonds. The summed E-state index contributed by atoms with van der Waals surface area (Å²) < 4.78 is 0.668. The number of para-hydroxylation sites is 4. The summed E-state index contributed by atoms with van der Waals surface area (Å²) in [6.07, 6.45) is 5.59. The molecule has 59 heavy (non-hydrogen) atoms. The lowest BCUT2D eigenvalue weighted by Gasteiger charge is -2.41. The van der Waals surface area contributed by atoms with E-state index in [1.807, 2.05) is 48.5 Å². The normalized spacial score (nSPS) is 19.8. The predicted octanol–water partition coefficient (Wildman–Crippen LogP) is 4.36. The molecule has 10 N–H and O–H groups in total. The third-order valence-electron chi connectivity index (χ3n) is 11.6. The molecule has 1 saturated carbocycles. The fraction of sp³-hybridized carbons (Fsp3) is 0.450. The van der Waals surface area contributed by atoms with Gasteiger partial charge in [-0.3, -0.25) is 19.2 Å². The molecule has 0 radical (unpaired) electrons. The van der Waals surface area contributed by atoms with E-state index in [-0.39, 0.29) is 35.8 Å². The van der Waals surface area contributed by atoms with Crippen LogP contribution in [0.5, 0.6) is 0 Å². The van der Waals surface area contributed by atoms with Gasteiger partial charge < -0.3 is 53.0 Å². The van der Waals surface area contributed by atoms with Crippen molar-refractivity contribution in [1.29, 1.82) is 0 Å². The molecular formula is C40H52BrN11O5S2. The molecule has 2 aliphatic heterocycles. The minimum Gasteiger partial charge on any atom is -0.393 e. The number of nitrogens with one attached hydrogen (secondary N) is 5. The van der Waals surface area contributed by atoms with Gasteiger partial charge in [-0.25, -0.2) is 9.97 Å². The number of aliphatic hydroxyl groups excluding tert-OH is 1. The van der Waals surface area contributed by atoms with E-state index in [9.17, 15) is 24.3 Å². The monoisotopic (exact) mass is 909 g/mol. The first-order valence-corrected chi connectivity index (χ1v) is 22.2. The van der Waals surface area contributed by atoms with Gasteiger partial charge >= 0.3 is 0 Å². The number of primary amides is 2. The van der Waals surface area contributed by atoms with Gasteiger partial charge in [0.05, 0.1) is 28.9 Å². The van der Waals surface area contributed by atoms with Crippen molar-refractivity contribution in [2.75, 3.05) is 66.0 Å². The smallest absolute Gasteiger partial charge is 0.275 e. The summed E-state index contributed by atoms with van der Waals surface area (Å²) in [6, 6.07) is 15.6. The van der Waals surface area contributed by atoms with Crippen LogP contribution in [0.25, 0.3) is 0 Å². The lowest BCUT2D eigenvalue weighted by molar-refractivity contribution is -0.125. The number of nitrogens with two attached hydrogens (primary N) is 2. The van der Waals surface area contributed by atoms with Gasteiger partial charge in [-0.2, -0.15) is 0 Å². The third kappa shape index (κ3) is 10.6. The summed E-state index contributed by atoms with van der Waals surface area (Å²) in [5, 5.41) is 29.3. The predicted molar refractivity (Wildman–Crippen MR) is 237 cm³/mol. The summed E-state index contributed by atoms with van der Waals surface area (Å²) in [6.45, 7) is 2.63. The number of piperidine rings is 2. The Bertz CT molecular complexity index is 2090. The second kappa shape index (κ2) is 19.6. The molecule has 4 aromatic rings. The molecule has 19 heteroatoms. The summed E-state index contributed by atoms with van der Waals surface area (Å²) >= 11 is 6.04. The number of hydrogen-bond donors (Lipinski definition) is 8. The number of rotatable bonds is 12. The van der Waals surface area contributed by atoms with Crippen molar-refractivity contribution in [3.63, 3.8) is 0 Å². The van der Waals surface area contributed by atoms with E-state index in [2.05, 4.69) is 62.3 Å². The maximum absolute atomic E-state index is 12.9. The highest BCUT2D eigenvalue weighted by Crippen LogP contribution is 2.34. The Morgan fingerprint density at radius 1 is 0.712 bits per heavy atom. The number of aromatic nitrogens is 2. The summed E-state index contributed by atoms with van der Waals surface area (Å²) in [5.41, 5.74) is 13.9. The molecule has 0 bridgehead atoms. The van der Waals surface area contributed by atoms with Crippen LogP contribution in [-0.2, 0) is 9.59 Å².